The highest BCUT2D eigenvalue weighted by Gasteiger charge is 2.51. The average molecular weight is 1170 g/mol. The van der Waals surface area contributed by atoms with Crippen molar-refractivity contribution in [3.63, 3.8) is 0 Å². The maximum absolute atomic E-state index is 7.66. The monoisotopic (exact) mass is 1170 g/mol. The summed E-state index contributed by atoms with van der Waals surface area (Å²) in [5, 5.41) is 8.18. The number of para-hydroxylation sites is 7. The number of anilines is 5. The maximum Gasteiger partial charge on any atom is 0.160 e. The summed E-state index contributed by atoms with van der Waals surface area (Å²) in [6.07, 6.45) is 8.38. The fourth-order valence-corrected chi connectivity index (χ4v) is 15.4. The molecule has 0 atom stereocenters. The van der Waals surface area contributed by atoms with Gasteiger partial charge in [-0.2, -0.15) is 0 Å². The molecule has 0 radical (unpaired) electrons. The molecule has 91 heavy (non-hydrogen) atoms. The summed E-state index contributed by atoms with van der Waals surface area (Å²) in [5.74, 6) is 0. The summed E-state index contributed by atoms with van der Waals surface area (Å²) in [5.41, 5.74) is 22.0. The lowest BCUT2D eigenvalue weighted by molar-refractivity contribution is 0.664. The van der Waals surface area contributed by atoms with E-state index in [1.54, 1.807) is 0 Å². The van der Waals surface area contributed by atoms with Crippen LogP contribution in [-0.2, 0) is 5.41 Å². The molecule has 4 heterocycles. The van der Waals surface area contributed by atoms with Crippen molar-refractivity contribution in [3.8, 4) is 33.4 Å². The number of fused-ring (bicyclic) bond motifs is 17. The molecular formula is C85H54N2O4. The molecule has 0 saturated carbocycles. The summed E-state index contributed by atoms with van der Waals surface area (Å²) < 4.78 is 29.9. The first-order valence-electron chi connectivity index (χ1n) is 31.3. The molecule has 0 N–H and O–H groups in total. The van der Waals surface area contributed by atoms with E-state index in [1.807, 2.05) is 0 Å². The van der Waals surface area contributed by atoms with Gasteiger partial charge in [0.1, 0.15) is 27.9 Å². The molecule has 0 saturated heterocycles. The maximum atomic E-state index is 7.66. The van der Waals surface area contributed by atoms with E-state index in [2.05, 4.69) is 313 Å². The van der Waals surface area contributed by atoms with E-state index < -0.39 is 5.41 Å². The van der Waals surface area contributed by atoms with Gasteiger partial charge in [0.25, 0.3) is 0 Å². The zero-order valence-corrected chi connectivity index (χ0v) is 49.3. The van der Waals surface area contributed by atoms with E-state index in [4.69, 9.17) is 17.7 Å². The quantitative estimate of drug-likeness (QED) is 0.136. The number of furan rings is 4. The van der Waals surface area contributed by atoms with Crippen molar-refractivity contribution in [2.24, 2.45) is 0 Å². The van der Waals surface area contributed by atoms with Crippen LogP contribution in [0.15, 0.2) is 327 Å². The Morgan fingerprint density at radius 3 is 1.33 bits per heavy atom. The van der Waals surface area contributed by atoms with Gasteiger partial charge in [-0.3, -0.25) is 0 Å². The van der Waals surface area contributed by atoms with E-state index >= 15 is 0 Å². The Balaban J connectivity index is 0.967. The number of rotatable bonds is 10. The van der Waals surface area contributed by atoms with Gasteiger partial charge >= 0.3 is 0 Å². The molecule has 2 aliphatic rings. The van der Waals surface area contributed by atoms with Crippen LogP contribution in [0.1, 0.15) is 35.1 Å². The Morgan fingerprint density at radius 2 is 0.769 bits per heavy atom. The third-order valence-corrected chi connectivity index (χ3v) is 19.2. The first kappa shape index (κ1) is 51.2. The third-order valence-electron chi connectivity index (χ3n) is 19.2. The van der Waals surface area contributed by atoms with Crippen LogP contribution in [0.2, 0.25) is 0 Å². The Labute approximate surface area is 523 Å². The number of benzene rings is 13. The lowest BCUT2D eigenvalue weighted by Gasteiger charge is -2.36. The Hall–Kier alpha value is -11.9. The van der Waals surface area contributed by atoms with Crippen LogP contribution in [0.4, 0.5) is 28.4 Å². The second-order valence-corrected chi connectivity index (χ2v) is 24.0. The van der Waals surface area contributed by atoms with Gasteiger partial charge in [0.15, 0.2) is 16.7 Å². The number of hydrogen-bond donors (Lipinski definition) is 0. The molecule has 0 unspecified atom stereocenters. The van der Waals surface area contributed by atoms with Crippen LogP contribution in [0.5, 0.6) is 0 Å². The first-order valence-corrected chi connectivity index (χ1v) is 31.3. The number of hydrogen-bond acceptors (Lipinski definition) is 6. The molecule has 2 aliphatic carbocycles. The summed E-state index contributed by atoms with van der Waals surface area (Å²) in [7, 11) is 0. The Morgan fingerprint density at radius 1 is 0.319 bits per heavy atom. The highest BCUT2D eigenvalue weighted by atomic mass is 16.3. The van der Waals surface area contributed by atoms with Gasteiger partial charge in [-0.1, -0.05) is 249 Å². The standard InChI is InChI=1S/C85H54N2O4/c1-7-27-53(28-8-1)59-41-23-43-61-63-45-25-47-69(81(63)90-79(59)61)86(57-35-15-5-16-36-57)71-51-68-78(84-75(71)65-39-19-21-49-73(65)89-84)77-67(85(68,55-31-11-3-12-32-55)56-33-13-4-14-34-56)52-72(83-76(77)66-40-20-22-50-74(66)88-83)87(58-37-17-6-18-38-58)70-48-26-46-64-62-44-24-42-60(80(62)91-82(64)70)54-29-9-2-10-30-54/h1-17,19-37,39-52H,18,38H2. The molecule has 13 aromatic carbocycles. The first-order chi connectivity index (χ1) is 45.2. The largest absolute Gasteiger partial charge is 0.455 e. The minimum absolute atomic E-state index is 0.766. The highest BCUT2D eigenvalue weighted by molar-refractivity contribution is 6.27. The second kappa shape index (κ2) is 20.1. The van der Waals surface area contributed by atoms with Gasteiger partial charge in [0, 0.05) is 71.3 Å². The SMILES string of the molecule is C1=CCCC(N(c2cccc3c2oc2c(-c4ccccc4)cccc23)c2cc3c(c4c2oc2ccccc24)-c2c(cc(N(c4ccccc4)c4cccc5c4oc4c(-c6ccccc6)cccc45)c4c2oc2ccccc24)C3(c2ccccc2)c2ccccc2)=C1. The fraction of sp³-hybridized carbons (Fsp3) is 0.0353. The topological polar surface area (TPSA) is 59.0 Å². The van der Waals surface area contributed by atoms with Crippen LogP contribution in [0.3, 0.4) is 0 Å². The van der Waals surface area contributed by atoms with Crippen molar-refractivity contribution in [1.29, 1.82) is 0 Å². The van der Waals surface area contributed by atoms with Crippen molar-refractivity contribution in [2.45, 2.75) is 18.3 Å². The van der Waals surface area contributed by atoms with Crippen LogP contribution in [0.25, 0.3) is 121 Å². The molecule has 428 valence electrons. The average Bonchev–Trinajstić information content (AvgIpc) is 1.51. The van der Waals surface area contributed by atoms with Gasteiger partial charge < -0.3 is 27.5 Å². The molecule has 6 heteroatoms. The fourth-order valence-electron chi connectivity index (χ4n) is 15.4. The number of allylic oxidation sites excluding steroid dienone is 4. The summed E-state index contributed by atoms with van der Waals surface area (Å²) in [6, 6.07) is 102. The number of nitrogens with zero attached hydrogens (tertiary/aromatic N) is 2. The predicted molar refractivity (Wildman–Crippen MR) is 373 cm³/mol. The predicted octanol–water partition coefficient (Wildman–Crippen LogP) is 23.8. The van der Waals surface area contributed by atoms with E-state index in [0.717, 1.165) is 190 Å². The molecule has 0 spiro atoms. The zero-order valence-electron chi connectivity index (χ0n) is 49.3. The van der Waals surface area contributed by atoms with Crippen molar-refractivity contribution < 1.29 is 17.7 Å². The van der Waals surface area contributed by atoms with Crippen molar-refractivity contribution in [3.05, 3.63) is 331 Å². The summed E-state index contributed by atoms with van der Waals surface area (Å²) in [4.78, 5) is 4.86. The normalized spacial score (nSPS) is 13.5. The zero-order chi connectivity index (χ0) is 59.7. The smallest absolute Gasteiger partial charge is 0.160 e. The van der Waals surface area contributed by atoms with Crippen LogP contribution >= 0.6 is 0 Å². The van der Waals surface area contributed by atoms with E-state index in [9.17, 15) is 0 Å². The van der Waals surface area contributed by atoms with Gasteiger partial charge in [-0.15, -0.1) is 0 Å². The molecule has 0 fully saturated rings. The van der Waals surface area contributed by atoms with Gasteiger partial charge in [0.05, 0.1) is 33.6 Å². The van der Waals surface area contributed by atoms with Crippen LogP contribution in [0, 0.1) is 0 Å². The van der Waals surface area contributed by atoms with E-state index in [0.29, 0.717) is 0 Å². The lowest BCUT2D eigenvalue weighted by atomic mass is 9.67. The van der Waals surface area contributed by atoms with E-state index in [-0.39, 0.29) is 0 Å². The van der Waals surface area contributed by atoms with Crippen LogP contribution in [-0.4, -0.2) is 0 Å². The lowest BCUT2D eigenvalue weighted by Crippen LogP contribution is -2.29. The summed E-state index contributed by atoms with van der Waals surface area (Å²) >= 11 is 0. The summed E-state index contributed by atoms with van der Waals surface area (Å²) in [6.45, 7) is 0. The van der Waals surface area contributed by atoms with Gasteiger partial charge in [-0.25, -0.2) is 0 Å². The molecule has 6 nitrogen and oxygen atoms in total. The van der Waals surface area contributed by atoms with Crippen molar-refractivity contribution in [1.82, 2.24) is 0 Å². The third kappa shape index (κ3) is 7.48. The molecular weight excluding hydrogens is 1110 g/mol. The molecule has 19 rings (SSSR count). The molecule has 0 amide bonds. The minimum atomic E-state index is -0.975. The van der Waals surface area contributed by atoms with Crippen molar-refractivity contribution in [2.75, 3.05) is 9.80 Å². The molecule has 0 bridgehead atoms. The molecule has 4 aromatic heterocycles. The molecule has 17 aromatic rings. The van der Waals surface area contributed by atoms with Crippen LogP contribution < -0.4 is 9.80 Å². The molecule has 0 aliphatic heterocycles. The van der Waals surface area contributed by atoms with E-state index in [1.165, 1.54) is 0 Å². The van der Waals surface area contributed by atoms with Crippen molar-refractivity contribution >= 4 is 116 Å². The minimum Gasteiger partial charge on any atom is -0.455 e. The second-order valence-electron chi connectivity index (χ2n) is 24.0. The van der Waals surface area contributed by atoms with Gasteiger partial charge in [-0.05, 0) is 101 Å². The Bertz CT molecular complexity index is 5790. The highest BCUT2D eigenvalue weighted by Crippen LogP contribution is 2.65. The van der Waals surface area contributed by atoms with Gasteiger partial charge in [0.2, 0.25) is 0 Å². The Kier molecular flexibility index (Phi) is 11.3.